The minimum Gasteiger partial charge on any atom is -0.382 e. The number of alkyl halides is 2. The molecular weight excluding hydrogens is 361 g/mol. The lowest BCUT2D eigenvalue weighted by Gasteiger charge is -2.23. The summed E-state index contributed by atoms with van der Waals surface area (Å²) < 4.78 is 0. The van der Waals surface area contributed by atoms with Gasteiger partial charge in [-0.15, -0.1) is 23.2 Å². The first-order chi connectivity index (χ1) is 12.1. The van der Waals surface area contributed by atoms with Gasteiger partial charge in [-0.05, 0) is 12.1 Å². The van der Waals surface area contributed by atoms with Crippen molar-refractivity contribution in [3.05, 3.63) is 30.6 Å². The van der Waals surface area contributed by atoms with Crippen LogP contribution in [0.25, 0.3) is 22.4 Å². The molecule has 1 aromatic carbocycles. The predicted octanol–water partition coefficient (Wildman–Crippen LogP) is 2.54. The predicted molar refractivity (Wildman–Crippen MR) is 103 cm³/mol. The van der Waals surface area contributed by atoms with E-state index in [1.807, 2.05) is 24.3 Å². The number of halogens is 2. The van der Waals surface area contributed by atoms with Gasteiger partial charge in [0.2, 0.25) is 0 Å². The highest BCUT2D eigenvalue weighted by atomic mass is 35.5. The zero-order chi connectivity index (χ0) is 17.8. The molecule has 9 heteroatoms. The fourth-order valence-electron chi connectivity index (χ4n) is 2.52. The third-order valence-corrected chi connectivity index (χ3v) is 4.08. The Labute approximate surface area is 155 Å². The van der Waals surface area contributed by atoms with Gasteiger partial charge in [-0.3, -0.25) is 0 Å². The smallest absolute Gasteiger partial charge is 0.185 e. The molecule has 0 spiro atoms. The summed E-state index contributed by atoms with van der Waals surface area (Å²) in [6.45, 7) is 1.44. The van der Waals surface area contributed by atoms with Crippen LogP contribution in [0.1, 0.15) is 0 Å². The average Bonchev–Trinajstić information content (AvgIpc) is 2.62. The van der Waals surface area contributed by atoms with Crippen molar-refractivity contribution in [1.82, 2.24) is 19.9 Å². The van der Waals surface area contributed by atoms with Gasteiger partial charge in [-0.2, -0.15) is 0 Å². The molecule has 0 aliphatic rings. The van der Waals surface area contributed by atoms with Gasteiger partial charge in [0.05, 0.1) is 0 Å². The van der Waals surface area contributed by atoms with Crippen LogP contribution >= 0.6 is 23.2 Å². The van der Waals surface area contributed by atoms with Crippen molar-refractivity contribution in [2.45, 2.75) is 0 Å². The van der Waals surface area contributed by atoms with E-state index in [1.54, 1.807) is 0 Å². The van der Waals surface area contributed by atoms with E-state index in [4.69, 9.17) is 34.7 Å². The Bertz CT molecular complexity index is 864. The fraction of sp³-hybridized carbons (Fsp3) is 0.250. The molecule has 2 aromatic heterocycles. The van der Waals surface area contributed by atoms with Crippen LogP contribution in [0.5, 0.6) is 0 Å². The molecule has 2 heterocycles. The first-order valence-electron chi connectivity index (χ1n) is 7.65. The molecule has 0 unspecified atom stereocenters. The van der Waals surface area contributed by atoms with E-state index >= 15 is 0 Å². The van der Waals surface area contributed by atoms with E-state index < -0.39 is 0 Å². The third-order valence-electron chi connectivity index (χ3n) is 3.74. The van der Waals surface area contributed by atoms with Gasteiger partial charge in [-0.1, -0.05) is 12.1 Å². The number of anilines is 3. The molecule has 0 saturated heterocycles. The number of hydrogen-bond donors (Lipinski definition) is 2. The molecule has 3 rings (SSSR count). The van der Waals surface area contributed by atoms with Crippen molar-refractivity contribution in [3.8, 4) is 11.3 Å². The van der Waals surface area contributed by atoms with Crippen molar-refractivity contribution in [2.24, 2.45) is 0 Å². The van der Waals surface area contributed by atoms with Crippen LogP contribution in [0.2, 0.25) is 0 Å². The minimum atomic E-state index is 0.269. The molecule has 0 atom stereocenters. The van der Waals surface area contributed by atoms with E-state index in [1.165, 1.54) is 6.33 Å². The van der Waals surface area contributed by atoms with Crippen molar-refractivity contribution in [1.29, 1.82) is 0 Å². The number of aromatic nitrogens is 4. The number of nitrogen functional groups attached to an aromatic ring is 2. The highest BCUT2D eigenvalue weighted by molar-refractivity contribution is 6.18. The first kappa shape index (κ1) is 17.4. The van der Waals surface area contributed by atoms with Crippen molar-refractivity contribution >= 4 is 51.7 Å². The molecule has 0 saturated carbocycles. The number of rotatable bonds is 6. The maximum atomic E-state index is 6.04. The molecule has 0 aliphatic heterocycles. The highest BCUT2D eigenvalue weighted by Crippen LogP contribution is 2.27. The molecule has 3 aromatic rings. The fourth-order valence-corrected chi connectivity index (χ4v) is 2.93. The summed E-state index contributed by atoms with van der Waals surface area (Å²) in [5.41, 5.74) is 15.1. The lowest BCUT2D eigenvalue weighted by Crippen LogP contribution is -2.27. The molecule has 130 valence electrons. The lowest BCUT2D eigenvalue weighted by atomic mass is 10.1. The summed E-state index contributed by atoms with van der Waals surface area (Å²) in [5, 5.41) is 0. The minimum absolute atomic E-state index is 0.269. The van der Waals surface area contributed by atoms with Crippen molar-refractivity contribution in [3.63, 3.8) is 0 Å². The Hall–Kier alpha value is -2.38. The molecule has 7 nitrogen and oxygen atoms in total. The molecule has 0 amide bonds. The average molecular weight is 378 g/mol. The third kappa shape index (κ3) is 3.67. The molecular formula is C16H17Cl2N7. The summed E-state index contributed by atoms with van der Waals surface area (Å²) in [6.07, 6.45) is 1.34. The maximum absolute atomic E-state index is 6.04. The largest absolute Gasteiger partial charge is 0.382 e. The second-order valence-corrected chi connectivity index (χ2v) is 6.06. The number of nitrogens with two attached hydrogens (primary N) is 2. The Morgan fingerprint density at radius 2 is 1.56 bits per heavy atom. The molecule has 0 radical (unpaired) electrons. The molecule has 0 fully saturated rings. The summed E-state index contributed by atoms with van der Waals surface area (Å²) >= 11 is 11.7. The number of fused-ring (bicyclic) bond motifs is 1. The van der Waals surface area contributed by atoms with Gasteiger partial charge < -0.3 is 16.4 Å². The molecule has 0 aliphatic carbocycles. The van der Waals surface area contributed by atoms with Gasteiger partial charge in [0.15, 0.2) is 22.8 Å². The Kier molecular flexibility index (Phi) is 5.35. The van der Waals surface area contributed by atoms with Crippen LogP contribution in [-0.4, -0.2) is 44.8 Å². The van der Waals surface area contributed by atoms with Gasteiger partial charge in [0.1, 0.15) is 12.0 Å². The van der Waals surface area contributed by atoms with Crippen molar-refractivity contribution < 1.29 is 0 Å². The van der Waals surface area contributed by atoms with Crippen LogP contribution in [0.15, 0.2) is 30.6 Å². The second kappa shape index (κ2) is 7.67. The number of benzene rings is 1. The SMILES string of the molecule is Nc1nc2ncnc(N)c2nc1-c1ccc(N(CCCl)CCCl)cc1. The standard InChI is InChI=1S/C16H17Cl2N7/c17-5-7-25(8-6-18)11-3-1-10(2-4-11)12-15(20)24-16-13(23-12)14(19)21-9-22-16/h1-4,9H,5-8H2,(H4,19,20,21,22,24). The highest BCUT2D eigenvalue weighted by Gasteiger charge is 2.12. The monoisotopic (exact) mass is 377 g/mol. The van der Waals surface area contributed by atoms with Gasteiger partial charge in [0.25, 0.3) is 0 Å². The van der Waals surface area contributed by atoms with Crippen molar-refractivity contribution in [2.75, 3.05) is 41.2 Å². The van der Waals surface area contributed by atoms with Crippen LogP contribution < -0.4 is 16.4 Å². The van der Waals surface area contributed by atoms with Crippen LogP contribution in [0.3, 0.4) is 0 Å². The summed E-state index contributed by atoms with van der Waals surface area (Å²) in [6, 6.07) is 7.81. The maximum Gasteiger partial charge on any atom is 0.185 e. The topological polar surface area (TPSA) is 107 Å². The Morgan fingerprint density at radius 3 is 2.20 bits per heavy atom. The second-order valence-electron chi connectivity index (χ2n) is 5.30. The lowest BCUT2D eigenvalue weighted by molar-refractivity contribution is 0.874. The molecule has 25 heavy (non-hydrogen) atoms. The molecule has 4 N–H and O–H groups in total. The summed E-state index contributed by atoms with van der Waals surface area (Å²) in [4.78, 5) is 18.9. The van der Waals surface area contributed by atoms with Gasteiger partial charge in [0, 0.05) is 36.1 Å². The van der Waals surface area contributed by atoms with E-state index in [0.29, 0.717) is 28.6 Å². The van der Waals surface area contributed by atoms with E-state index in [2.05, 4.69) is 24.8 Å². The normalized spacial score (nSPS) is 11.0. The van der Waals surface area contributed by atoms with Gasteiger partial charge in [-0.25, -0.2) is 19.9 Å². The first-order valence-corrected chi connectivity index (χ1v) is 8.72. The Balaban J connectivity index is 1.98. The van der Waals surface area contributed by atoms with Gasteiger partial charge >= 0.3 is 0 Å². The quantitative estimate of drug-likeness (QED) is 0.635. The summed E-state index contributed by atoms with van der Waals surface area (Å²) in [5.74, 6) is 1.62. The van der Waals surface area contributed by atoms with Crippen LogP contribution in [0, 0.1) is 0 Å². The van der Waals surface area contributed by atoms with E-state index in [-0.39, 0.29) is 11.6 Å². The van der Waals surface area contributed by atoms with E-state index in [9.17, 15) is 0 Å². The summed E-state index contributed by atoms with van der Waals surface area (Å²) in [7, 11) is 0. The molecule has 0 bridgehead atoms. The van der Waals surface area contributed by atoms with Crippen LogP contribution in [0.4, 0.5) is 17.3 Å². The zero-order valence-corrected chi connectivity index (χ0v) is 14.9. The number of hydrogen-bond acceptors (Lipinski definition) is 7. The van der Waals surface area contributed by atoms with E-state index in [0.717, 1.165) is 24.3 Å². The zero-order valence-electron chi connectivity index (χ0n) is 13.4. The number of nitrogens with zero attached hydrogens (tertiary/aromatic N) is 5. The Morgan fingerprint density at radius 1 is 0.880 bits per heavy atom. The van der Waals surface area contributed by atoms with Crippen LogP contribution in [-0.2, 0) is 0 Å².